The monoisotopic (exact) mass is 375 g/mol. The summed E-state index contributed by atoms with van der Waals surface area (Å²) in [5, 5.41) is 23.1. The fraction of sp³-hybridized carbons (Fsp3) is 0.684. The first kappa shape index (κ1) is 18.1. The van der Waals surface area contributed by atoms with E-state index in [9.17, 15) is 5.11 Å². The van der Waals surface area contributed by atoms with Gasteiger partial charge in [-0.1, -0.05) is 0 Å². The van der Waals surface area contributed by atoms with Gasteiger partial charge in [0.2, 0.25) is 0 Å². The summed E-state index contributed by atoms with van der Waals surface area (Å²) in [5.41, 5.74) is 1.43. The van der Waals surface area contributed by atoms with Crippen molar-refractivity contribution in [1.29, 1.82) is 0 Å². The van der Waals surface area contributed by atoms with E-state index in [1.54, 1.807) is 11.3 Å². The minimum Gasteiger partial charge on any atom is -0.393 e. The topological polar surface area (TPSA) is 57.4 Å². The lowest BCUT2D eigenvalue weighted by molar-refractivity contribution is 0.0775. The maximum Gasteiger partial charge on any atom is 0.146 e. The number of hydrogen-bond acceptors (Lipinski definition) is 6. The van der Waals surface area contributed by atoms with Crippen LogP contribution in [0.3, 0.4) is 0 Å². The molecule has 2 aliphatic rings. The van der Waals surface area contributed by atoms with E-state index in [0.717, 1.165) is 76.6 Å². The van der Waals surface area contributed by atoms with Crippen molar-refractivity contribution in [2.45, 2.75) is 50.8 Å². The van der Waals surface area contributed by atoms with Crippen molar-refractivity contribution in [2.24, 2.45) is 7.05 Å². The highest BCUT2D eigenvalue weighted by atomic mass is 32.1. The zero-order chi connectivity index (χ0) is 17.9. The van der Waals surface area contributed by atoms with Crippen LogP contribution >= 0.6 is 11.3 Å². The molecule has 2 saturated heterocycles. The van der Waals surface area contributed by atoms with Gasteiger partial charge in [0.05, 0.1) is 12.6 Å². The molecule has 142 valence electrons. The predicted octanol–water partition coefficient (Wildman–Crippen LogP) is 2.21. The summed E-state index contributed by atoms with van der Waals surface area (Å²) in [5.74, 6) is 2.72. The van der Waals surface area contributed by atoms with Gasteiger partial charge in [0.1, 0.15) is 11.6 Å². The van der Waals surface area contributed by atoms with Crippen molar-refractivity contribution in [1.82, 2.24) is 24.6 Å². The molecular weight excluding hydrogens is 346 g/mol. The van der Waals surface area contributed by atoms with Crippen molar-refractivity contribution in [2.75, 3.05) is 26.2 Å². The summed E-state index contributed by atoms with van der Waals surface area (Å²) in [6, 6.07) is 2.23. The summed E-state index contributed by atoms with van der Waals surface area (Å²) in [7, 11) is 2.11. The van der Waals surface area contributed by atoms with E-state index in [2.05, 4.69) is 48.4 Å². The first-order chi connectivity index (χ1) is 12.7. The third kappa shape index (κ3) is 4.17. The largest absolute Gasteiger partial charge is 0.393 e. The second kappa shape index (κ2) is 8.17. The molecule has 0 unspecified atom stereocenters. The van der Waals surface area contributed by atoms with Crippen LogP contribution < -0.4 is 0 Å². The average molecular weight is 376 g/mol. The Bertz CT molecular complexity index is 685. The number of aliphatic hydroxyl groups excluding tert-OH is 1. The maximum atomic E-state index is 9.66. The van der Waals surface area contributed by atoms with Gasteiger partial charge in [0, 0.05) is 32.6 Å². The SMILES string of the molecule is Cn1c(CN2CCC(O)CC2)nnc1C1CCN(Cc2ccsc2)CC1. The zero-order valence-corrected chi connectivity index (χ0v) is 16.4. The molecule has 2 aromatic heterocycles. The van der Waals surface area contributed by atoms with Crippen LogP contribution in [0.4, 0.5) is 0 Å². The molecule has 0 atom stereocenters. The molecule has 2 aliphatic heterocycles. The molecule has 0 aliphatic carbocycles. The smallest absolute Gasteiger partial charge is 0.146 e. The number of aliphatic hydroxyl groups is 1. The van der Waals surface area contributed by atoms with Gasteiger partial charge in [-0.2, -0.15) is 11.3 Å². The zero-order valence-electron chi connectivity index (χ0n) is 15.5. The van der Waals surface area contributed by atoms with Gasteiger partial charge in [0.15, 0.2) is 0 Å². The lowest BCUT2D eigenvalue weighted by atomic mass is 9.95. The molecule has 0 bridgehead atoms. The number of likely N-dealkylation sites (tertiary alicyclic amines) is 2. The molecule has 6 nitrogen and oxygen atoms in total. The van der Waals surface area contributed by atoms with Gasteiger partial charge in [-0.15, -0.1) is 10.2 Å². The molecule has 0 amide bonds. The molecule has 2 aromatic rings. The molecular formula is C19H29N5OS. The van der Waals surface area contributed by atoms with Crippen LogP contribution in [0.25, 0.3) is 0 Å². The van der Waals surface area contributed by atoms with Gasteiger partial charge >= 0.3 is 0 Å². The molecule has 2 fully saturated rings. The average Bonchev–Trinajstić information content (AvgIpc) is 3.28. The molecule has 1 N–H and O–H groups in total. The standard InChI is InChI=1S/C19H29N5OS/c1-22-18(13-24-9-4-17(25)5-10-24)20-21-19(22)16-2-7-23(8-3-16)12-15-6-11-26-14-15/h6,11,14,16-17,25H,2-5,7-10,12-13H2,1H3. The Hall–Kier alpha value is -1.28. The van der Waals surface area contributed by atoms with Crippen molar-refractivity contribution in [3.8, 4) is 0 Å². The van der Waals surface area contributed by atoms with E-state index >= 15 is 0 Å². The van der Waals surface area contributed by atoms with Crippen LogP contribution in [-0.2, 0) is 20.1 Å². The molecule has 7 heteroatoms. The number of rotatable bonds is 5. The summed E-state index contributed by atoms with van der Waals surface area (Å²) < 4.78 is 2.21. The molecule has 0 aromatic carbocycles. The summed E-state index contributed by atoms with van der Waals surface area (Å²) in [6.07, 6.45) is 3.93. The minimum absolute atomic E-state index is 0.124. The summed E-state index contributed by atoms with van der Waals surface area (Å²) >= 11 is 1.78. The van der Waals surface area contributed by atoms with Crippen LogP contribution in [0.1, 0.15) is 48.8 Å². The highest BCUT2D eigenvalue weighted by Gasteiger charge is 2.26. The van der Waals surface area contributed by atoms with Crippen molar-refractivity contribution >= 4 is 11.3 Å². The number of nitrogens with zero attached hydrogens (tertiary/aromatic N) is 5. The molecule has 4 rings (SSSR count). The Balaban J connectivity index is 1.32. The Labute approximate surface area is 159 Å². The number of hydrogen-bond donors (Lipinski definition) is 1. The van der Waals surface area contributed by atoms with E-state index in [-0.39, 0.29) is 6.10 Å². The molecule has 26 heavy (non-hydrogen) atoms. The Morgan fingerprint density at radius 3 is 2.42 bits per heavy atom. The number of aromatic nitrogens is 3. The van der Waals surface area contributed by atoms with Crippen LogP contribution in [-0.4, -0.2) is 62.0 Å². The quantitative estimate of drug-likeness (QED) is 0.868. The second-order valence-electron chi connectivity index (χ2n) is 7.72. The van der Waals surface area contributed by atoms with Gasteiger partial charge in [-0.25, -0.2) is 0 Å². The highest BCUT2D eigenvalue weighted by Crippen LogP contribution is 2.28. The summed E-state index contributed by atoms with van der Waals surface area (Å²) in [6.45, 7) is 6.07. The lowest BCUT2D eigenvalue weighted by Gasteiger charge is -2.31. The molecule has 0 saturated carbocycles. The van der Waals surface area contributed by atoms with Gasteiger partial charge in [0.25, 0.3) is 0 Å². The van der Waals surface area contributed by atoms with Gasteiger partial charge in [-0.3, -0.25) is 9.80 Å². The Morgan fingerprint density at radius 1 is 1.04 bits per heavy atom. The Kier molecular flexibility index (Phi) is 5.69. The first-order valence-electron chi connectivity index (χ1n) is 9.71. The van der Waals surface area contributed by atoms with Crippen molar-refractivity contribution < 1.29 is 5.11 Å². The normalized spacial score (nSPS) is 21.5. The molecule has 0 radical (unpaired) electrons. The van der Waals surface area contributed by atoms with Crippen LogP contribution in [0, 0.1) is 0 Å². The lowest BCUT2D eigenvalue weighted by Crippen LogP contribution is -2.36. The second-order valence-corrected chi connectivity index (χ2v) is 8.50. The third-order valence-corrected chi connectivity index (χ3v) is 6.59. The van der Waals surface area contributed by atoms with E-state index < -0.39 is 0 Å². The first-order valence-corrected chi connectivity index (χ1v) is 10.7. The van der Waals surface area contributed by atoms with Crippen LogP contribution in [0.15, 0.2) is 16.8 Å². The summed E-state index contributed by atoms with van der Waals surface area (Å²) in [4.78, 5) is 4.93. The minimum atomic E-state index is -0.124. The molecule has 0 spiro atoms. The Morgan fingerprint density at radius 2 is 1.73 bits per heavy atom. The van der Waals surface area contributed by atoms with E-state index in [1.165, 1.54) is 5.56 Å². The fourth-order valence-electron chi connectivity index (χ4n) is 4.14. The number of thiophene rings is 1. The van der Waals surface area contributed by atoms with Gasteiger partial charge in [-0.05, 0) is 61.2 Å². The molecule has 4 heterocycles. The number of piperidine rings is 2. The van der Waals surface area contributed by atoms with Crippen molar-refractivity contribution in [3.63, 3.8) is 0 Å². The van der Waals surface area contributed by atoms with Gasteiger partial charge < -0.3 is 9.67 Å². The maximum absolute atomic E-state index is 9.66. The van der Waals surface area contributed by atoms with E-state index in [1.807, 2.05) is 0 Å². The van der Waals surface area contributed by atoms with Crippen LogP contribution in [0.2, 0.25) is 0 Å². The van der Waals surface area contributed by atoms with E-state index in [0.29, 0.717) is 5.92 Å². The van der Waals surface area contributed by atoms with E-state index in [4.69, 9.17) is 0 Å². The van der Waals surface area contributed by atoms with Crippen LogP contribution in [0.5, 0.6) is 0 Å². The fourth-order valence-corrected chi connectivity index (χ4v) is 4.80. The third-order valence-electron chi connectivity index (χ3n) is 5.86. The predicted molar refractivity (Wildman–Crippen MR) is 103 cm³/mol. The van der Waals surface area contributed by atoms with Crippen molar-refractivity contribution in [3.05, 3.63) is 34.0 Å². The highest BCUT2D eigenvalue weighted by molar-refractivity contribution is 7.07.